The Hall–Kier alpha value is -2.10. The van der Waals surface area contributed by atoms with E-state index >= 15 is 0 Å². The van der Waals surface area contributed by atoms with Gasteiger partial charge >= 0.3 is 0 Å². The molecule has 12 fully saturated rings. The zero-order chi connectivity index (χ0) is 34.9. The third kappa shape index (κ3) is 2.55. The first-order valence-corrected chi connectivity index (χ1v) is 23.9. The summed E-state index contributed by atoms with van der Waals surface area (Å²) in [4.78, 5) is 2.98. The van der Waals surface area contributed by atoms with Gasteiger partial charge in [0.25, 0.3) is 0 Å². The number of methoxy groups -OCH3 is 2. The van der Waals surface area contributed by atoms with E-state index in [0.717, 1.165) is 137 Å². The van der Waals surface area contributed by atoms with Crippen molar-refractivity contribution in [1.82, 2.24) is 4.90 Å². The van der Waals surface area contributed by atoms with Gasteiger partial charge in [0.05, 0.1) is 13.7 Å². The normalized spacial score (nSPS) is 62.5. The van der Waals surface area contributed by atoms with Crippen LogP contribution in [-0.2, 0) is 4.74 Å². The number of benzene rings is 1. The summed E-state index contributed by atoms with van der Waals surface area (Å²) in [5.74, 6) is 22.4. The summed E-state index contributed by atoms with van der Waals surface area (Å²) in [5.41, 5.74) is 16.8. The zero-order valence-electron chi connectivity index (χ0n) is 32.8. The maximum atomic E-state index is 6.34. The number of para-hydroxylation sites is 1. The van der Waals surface area contributed by atoms with Crippen molar-refractivity contribution in [1.29, 1.82) is 0 Å². The van der Waals surface area contributed by atoms with Crippen molar-refractivity contribution >= 4 is 0 Å². The summed E-state index contributed by atoms with van der Waals surface area (Å²) in [6.45, 7) is 3.11. The summed E-state index contributed by atoms with van der Waals surface area (Å²) in [6.07, 6.45) is 16.6. The van der Waals surface area contributed by atoms with Crippen LogP contribution in [0.25, 0.3) is 0 Å². The third-order valence-electron chi connectivity index (χ3n) is 24.2. The molecule has 0 N–H and O–H groups in total. The number of hydrogen-bond donors (Lipinski definition) is 0. The van der Waals surface area contributed by atoms with E-state index in [1.54, 1.807) is 19.3 Å². The number of fused-ring (bicyclic) bond motifs is 1. The molecule has 24 unspecified atom stereocenters. The molecular weight excluding hydrogens is 671 g/mol. The molecule has 1 aromatic rings. The Balaban J connectivity index is 0.974. The lowest BCUT2D eigenvalue weighted by molar-refractivity contribution is -0.119. The summed E-state index contributed by atoms with van der Waals surface area (Å²) in [7, 11) is 3.87. The average molecular weight is 728 g/mol. The minimum Gasteiger partial charge on any atom is -0.496 e. The second-order valence-corrected chi connectivity index (χ2v) is 24.0. The zero-order valence-corrected chi connectivity index (χ0v) is 32.8. The van der Waals surface area contributed by atoms with E-state index in [1.807, 2.05) is 25.4 Å². The molecule has 282 valence electrons. The third-order valence-corrected chi connectivity index (χ3v) is 24.2. The van der Waals surface area contributed by atoms with Crippen molar-refractivity contribution in [3.8, 4) is 5.75 Å². The van der Waals surface area contributed by atoms with E-state index < -0.39 is 0 Å². The van der Waals surface area contributed by atoms with Crippen LogP contribution < -0.4 is 4.74 Å². The van der Waals surface area contributed by atoms with Crippen LogP contribution >= 0.6 is 0 Å². The standard InChI is InChI=1S/C52H57NO2/c1-54-12-11-53-19-52-10-9-51-8-7-20-13-21-14-22-15-24-16-23-17-25-18-27(47(52)49(53)26-5-3-4-6-28(26)55-2)35-39-32(25)30(23)36-33(24)37-29(22)31(21)38-34(20)48(51)45-43(38)41(37)40(36)42(39)44(45)46(35)50(51)52/h3-7,21-24,29-31,33-34,36-45,47-49H,8-19H2,1-2H3. The van der Waals surface area contributed by atoms with Gasteiger partial charge in [-0.1, -0.05) is 52.1 Å². The van der Waals surface area contributed by atoms with E-state index in [0.29, 0.717) is 17.4 Å². The number of likely N-dealkylation sites (tertiary alicyclic amines) is 1. The number of nitrogens with zero attached hydrogens (tertiary/aromatic N) is 1. The Labute approximate surface area is 326 Å². The minimum absolute atomic E-state index is 0.281. The molecular formula is C52H57NO2. The van der Waals surface area contributed by atoms with Gasteiger partial charge in [-0.05, 0) is 193 Å². The van der Waals surface area contributed by atoms with Crippen molar-refractivity contribution in [3.63, 3.8) is 0 Å². The maximum absolute atomic E-state index is 6.34. The number of allylic oxidation sites excluding steroid dienone is 6. The van der Waals surface area contributed by atoms with E-state index in [4.69, 9.17) is 9.47 Å². The Kier molecular flexibility index (Phi) is 4.57. The number of hydrogen-bond acceptors (Lipinski definition) is 3. The second kappa shape index (κ2) is 8.62. The maximum Gasteiger partial charge on any atom is 0.123 e. The van der Waals surface area contributed by atoms with Crippen molar-refractivity contribution < 1.29 is 9.47 Å². The van der Waals surface area contributed by atoms with E-state index in [-0.39, 0.29) is 5.41 Å². The van der Waals surface area contributed by atoms with Crippen LogP contribution in [0.15, 0.2) is 69.4 Å². The molecule has 3 heteroatoms. The molecule has 0 aromatic heterocycles. The van der Waals surface area contributed by atoms with Gasteiger partial charge in [0.15, 0.2) is 0 Å². The molecule has 18 rings (SSSR count). The molecule has 1 aromatic carbocycles. The van der Waals surface area contributed by atoms with Gasteiger partial charge in [-0.25, -0.2) is 0 Å². The molecule has 17 aliphatic rings. The Morgan fingerprint density at radius 1 is 0.727 bits per heavy atom. The molecule has 2 spiro atoms. The van der Waals surface area contributed by atoms with Crippen LogP contribution in [0.5, 0.6) is 5.75 Å². The molecule has 0 bridgehead atoms. The molecule has 24 atom stereocenters. The van der Waals surface area contributed by atoms with Crippen molar-refractivity contribution in [2.24, 2.45) is 135 Å². The Morgan fingerprint density at radius 2 is 1.49 bits per heavy atom. The monoisotopic (exact) mass is 727 g/mol. The van der Waals surface area contributed by atoms with Crippen molar-refractivity contribution in [3.05, 3.63) is 74.9 Å². The SMILES string of the molecule is COCCN1CC23CCC45CC=C6CC7CC8CC9CC%10CC%11=C%12C%13C(=C(C%11)C2C1c1ccccc1OC)C(=C34)C1C%13C2C(C%12%10)C9C3C8C7C4C6C5C1C4C32. The lowest BCUT2D eigenvalue weighted by atomic mass is 9.43. The Morgan fingerprint density at radius 3 is 2.40 bits per heavy atom. The summed E-state index contributed by atoms with van der Waals surface area (Å²) in [6, 6.07) is 9.69. The fraction of sp³-hybridized carbons (Fsp3) is 0.731. The smallest absolute Gasteiger partial charge is 0.123 e. The van der Waals surface area contributed by atoms with Gasteiger partial charge in [0.1, 0.15) is 5.75 Å². The highest BCUT2D eigenvalue weighted by Crippen LogP contribution is 2.92. The molecule has 16 aliphatic carbocycles. The van der Waals surface area contributed by atoms with Gasteiger partial charge < -0.3 is 9.47 Å². The van der Waals surface area contributed by atoms with Crippen molar-refractivity contribution in [2.45, 2.75) is 63.8 Å². The fourth-order valence-corrected chi connectivity index (χ4v) is 25.0. The molecule has 55 heavy (non-hydrogen) atoms. The summed E-state index contributed by atoms with van der Waals surface area (Å²) < 4.78 is 12.3. The molecule has 1 saturated heterocycles. The molecule has 3 nitrogen and oxygen atoms in total. The quantitative estimate of drug-likeness (QED) is 0.283. The van der Waals surface area contributed by atoms with E-state index in [9.17, 15) is 0 Å². The van der Waals surface area contributed by atoms with Gasteiger partial charge in [0, 0.05) is 49.1 Å². The highest BCUT2D eigenvalue weighted by atomic mass is 16.5. The van der Waals surface area contributed by atoms with Crippen LogP contribution in [0.3, 0.4) is 0 Å². The van der Waals surface area contributed by atoms with E-state index in [2.05, 4.69) is 63.1 Å². The van der Waals surface area contributed by atoms with Crippen LogP contribution in [0, 0.1) is 135 Å². The molecule has 11 saturated carbocycles. The van der Waals surface area contributed by atoms with Crippen LogP contribution in [0.4, 0.5) is 0 Å². The first-order valence-electron chi connectivity index (χ1n) is 23.9. The largest absolute Gasteiger partial charge is 0.496 e. The lowest BCUT2D eigenvalue weighted by Crippen LogP contribution is -2.57. The molecule has 1 heterocycles. The average Bonchev–Trinajstić information content (AvgIpc) is 4.06. The van der Waals surface area contributed by atoms with Gasteiger partial charge in [-0.3, -0.25) is 4.90 Å². The second-order valence-electron chi connectivity index (χ2n) is 24.0. The topological polar surface area (TPSA) is 21.7 Å². The summed E-state index contributed by atoms with van der Waals surface area (Å²) >= 11 is 0. The highest BCUT2D eigenvalue weighted by Gasteiger charge is 2.87. The fourth-order valence-electron chi connectivity index (χ4n) is 25.0. The van der Waals surface area contributed by atoms with Gasteiger partial charge in [-0.2, -0.15) is 0 Å². The number of ether oxygens (including phenoxy) is 2. The number of rotatable bonds is 5. The first kappa shape index (κ1) is 29.2. The molecule has 0 amide bonds. The molecule has 0 radical (unpaired) electrons. The highest BCUT2D eigenvalue weighted by molar-refractivity contribution is 5.69. The minimum atomic E-state index is 0.281. The van der Waals surface area contributed by atoms with E-state index in [1.165, 1.54) is 50.6 Å². The van der Waals surface area contributed by atoms with Gasteiger partial charge in [0.2, 0.25) is 0 Å². The Bertz CT molecular complexity index is 2280. The molecule has 1 aliphatic heterocycles. The summed E-state index contributed by atoms with van der Waals surface area (Å²) in [5, 5.41) is 0. The first-order chi connectivity index (χ1) is 27.2. The van der Waals surface area contributed by atoms with Crippen LogP contribution in [0.1, 0.15) is 69.4 Å². The van der Waals surface area contributed by atoms with Crippen LogP contribution in [0.2, 0.25) is 0 Å². The predicted molar refractivity (Wildman–Crippen MR) is 208 cm³/mol. The van der Waals surface area contributed by atoms with Crippen LogP contribution in [-0.4, -0.2) is 38.8 Å². The lowest BCUT2D eigenvalue weighted by Gasteiger charge is -2.61. The van der Waals surface area contributed by atoms with Crippen molar-refractivity contribution in [2.75, 3.05) is 33.9 Å². The van der Waals surface area contributed by atoms with Gasteiger partial charge in [-0.15, -0.1) is 0 Å². The predicted octanol–water partition coefficient (Wildman–Crippen LogP) is 9.16.